The molecule has 0 aliphatic carbocycles. The van der Waals surface area contributed by atoms with Crippen LogP contribution < -0.4 is 10.6 Å². The van der Waals surface area contributed by atoms with Crippen molar-refractivity contribution >= 4 is 45.0 Å². The number of methoxy groups -OCH3 is 1. The zero-order chi connectivity index (χ0) is 18.2. The van der Waals surface area contributed by atoms with Crippen LogP contribution in [0.4, 0.5) is 5.69 Å². The number of halogens is 2. The van der Waals surface area contributed by atoms with Gasteiger partial charge in [-0.2, -0.15) is 0 Å². The third-order valence-corrected chi connectivity index (χ3v) is 4.20. The van der Waals surface area contributed by atoms with Gasteiger partial charge in [-0.3, -0.25) is 9.59 Å². The number of carbonyl (C=O) groups excluding carboxylic acids is 2. The van der Waals surface area contributed by atoms with Gasteiger partial charge in [-0.05, 0) is 35.9 Å². The fourth-order valence-electron chi connectivity index (χ4n) is 2.12. The topological polar surface area (TPSA) is 67.4 Å². The summed E-state index contributed by atoms with van der Waals surface area (Å²) in [5.74, 6) is -0.369. The maximum atomic E-state index is 12.3. The van der Waals surface area contributed by atoms with E-state index in [-0.39, 0.29) is 18.2 Å². The lowest BCUT2D eigenvalue weighted by molar-refractivity contribution is -0.120. The van der Waals surface area contributed by atoms with Crippen LogP contribution in [0.25, 0.3) is 0 Å². The third-order valence-electron chi connectivity index (χ3n) is 3.38. The molecule has 2 amide bonds. The van der Waals surface area contributed by atoms with E-state index in [9.17, 15) is 9.59 Å². The number of rotatable bonds is 7. The molecule has 2 aromatic carbocycles. The molecule has 25 heavy (non-hydrogen) atoms. The van der Waals surface area contributed by atoms with Crippen molar-refractivity contribution in [3.8, 4) is 0 Å². The molecule has 0 aliphatic rings. The van der Waals surface area contributed by atoms with Gasteiger partial charge in [0.2, 0.25) is 5.91 Å². The Kier molecular flexibility index (Phi) is 7.43. The standard InChI is InChI=1S/C18H18BrClN2O3/c1-25-9-8-21-17(23)10-12-2-5-14(6-3-12)22-18(24)15-11-13(19)4-7-16(15)20/h2-7,11H,8-10H2,1H3,(H,21,23)(H,22,24). The van der Waals surface area contributed by atoms with Gasteiger partial charge in [0.15, 0.2) is 0 Å². The van der Waals surface area contributed by atoms with Crippen LogP contribution in [0.3, 0.4) is 0 Å². The van der Waals surface area contributed by atoms with Gasteiger partial charge in [-0.1, -0.05) is 39.7 Å². The van der Waals surface area contributed by atoms with Gasteiger partial charge in [-0.15, -0.1) is 0 Å². The van der Waals surface area contributed by atoms with Gasteiger partial charge in [0, 0.05) is 23.8 Å². The number of benzene rings is 2. The molecule has 2 N–H and O–H groups in total. The van der Waals surface area contributed by atoms with Gasteiger partial charge >= 0.3 is 0 Å². The van der Waals surface area contributed by atoms with Crippen molar-refractivity contribution in [1.29, 1.82) is 0 Å². The van der Waals surface area contributed by atoms with E-state index in [0.29, 0.717) is 29.4 Å². The molecule has 5 nitrogen and oxygen atoms in total. The summed E-state index contributed by atoms with van der Waals surface area (Å²) in [7, 11) is 1.58. The predicted octanol–water partition coefficient (Wildman–Crippen LogP) is 3.66. The second-order valence-corrected chi connectivity index (χ2v) is 6.62. The van der Waals surface area contributed by atoms with Crippen LogP contribution in [0.1, 0.15) is 15.9 Å². The van der Waals surface area contributed by atoms with Crippen molar-refractivity contribution < 1.29 is 14.3 Å². The van der Waals surface area contributed by atoms with Gasteiger partial charge in [-0.25, -0.2) is 0 Å². The Hall–Kier alpha value is -1.89. The smallest absolute Gasteiger partial charge is 0.257 e. The first-order valence-electron chi connectivity index (χ1n) is 7.60. The van der Waals surface area contributed by atoms with Crippen LogP contribution >= 0.6 is 27.5 Å². The van der Waals surface area contributed by atoms with Gasteiger partial charge in [0.05, 0.1) is 23.6 Å². The van der Waals surface area contributed by atoms with Crippen LogP contribution in [-0.2, 0) is 16.0 Å². The Morgan fingerprint density at radius 3 is 2.56 bits per heavy atom. The maximum Gasteiger partial charge on any atom is 0.257 e. The fourth-order valence-corrected chi connectivity index (χ4v) is 2.68. The minimum atomic E-state index is -0.295. The molecule has 0 saturated heterocycles. The molecular weight excluding hydrogens is 408 g/mol. The van der Waals surface area contributed by atoms with Gasteiger partial charge < -0.3 is 15.4 Å². The summed E-state index contributed by atoms with van der Waals surface area (Å²) in [4.78, 5) is 24.1. The molecule has 0 spiro atoms. The minimum Gasteiger partial charge on any atom is -0.383 e. The average molecular weight is 426 g/mol. The summed E-state index contributed by atoms with van der Waals surface area (Å²) in [5.41, 5.74) is 1.87. The molecule has 0 aliphatic heterocycles. The summed E-state index contributed by atoms with van der Waals surface area (Å²) in [5, 5.41) is 5.93. The lowest BCUT2D eigenvalue weighted by atomic mass is 10.1. The first-order valence-corrected chi connectivity index (χ1v) is 8.77. The van der Waals surface area contributed by atoms with E-state index >= 15 is 0 Å². The second kappa shape index (κ2) is 9.56. The van der Waals surface area contributed by atoms with E-state index in [1.807, 2.05) is 0 Å². The highest BCUT2D eigenvalue weighted by atomic mass is 79.9. The number of anilines is 1. The van der Waals surface area contributed by atoms with Crippen molar-refractivity contribution in [2.24, 2.45) is 0 Å². The van der Waals surface area contributed by atoms with E-state index in [2.05, 4.69) is 26.6 Å². The Morgan fingerprint density at radius 1 is 1.16 bits per heavy atom. The van der Waals surface area contributed by atoms with Crippen LogP contribution in [0, 0.1) is 0 Å². The molecule has 0 heterocycles. The minimum absolute atomic E-state index is 0.0743. The summed E-state index contributed by atoms with van der Waals surface area (Å²) in [6.07, 6.45) is 0.273. The predicted molar refractivity (Wildman–Crippen MR) is 102 cm³/mol. The normalized spacial score (nSPS) is 10.4. The molecule has 0 unspecified atom stereocenters. The first-order chi connectivity index (χ1) is 12.0. The highest BCUT2D eigenvalue weighted by Gasteiger charge is 2.11. The number of hydrogen-bond donors (Lipinski definition) is 2. The lowest BCUT2D eigenvalue weighted by Gasteiger charge is -2.09. The maximum absolute atomic E-state index is 12.3. The zero-order valence-corrected chi connectivity index (χ0v) is 16.0. The Labute approximate surface area is 159 Å². The highest BCUT2D eigenvalue weighted by molar-refractivity contribution is 9.10. The highest BCUT2D eigenvalue weighted by Crippen LogP contribution is 2.22. The Bertz CT molecular complexity index is 750. The molecule has 0 atom stereocenters. The van der Waals surface area contributed by atoms with Crippen molar-refractivity contribution in [2.45, 2.75) is 6.42 Å². The number of nitrogens with one attached hydrogen (secondary N) is 2. The Morgan fingerprint density at radius 2 is 1.88 bits per heavy atom. The molecule has 2 aromatic rings. The lowest BCUT2D eigenvalue weighted by Crippen LogP contribution is -2.28. The molecular formula is C18H18BrClN2O3. The summed E-state index contributed by atoms with van der Waals surface area (Å²) in [6, 6.07) is 12.2. The van der Waals surface area contributed by atoms with Gasteiger partial charge in [0.25, 0.3) is 5.91 Å². The van der Waals surface area contributed by atoms with Crippen LogP contribution in [0.2, 0.25) is 5.02 Å². The number of hydrogen-bond acceptors (Lipinski definition) is 3. The quantitative estimate of drug-likeness (QED) is 0.665. The first kappa shape index (κ1) is 19.4. The van der Waals surface area contributed by atoms with E-state index < -0.39 is 0 Å². The van der Waals surface area contributed by atoms with Crippen LogP contribution in [0.5, 0.6) is 0 Å². The third kappa shape index (κ3) is 6.16. The molecule has 0 fully saturated rings. The zero-order valence-electron chi connectivity index (χ0n) is 13.6. The summed E-state index contributed by atoms with van der Waals surface area (Å²) in [6.45, 7) is 0.964. The van der Waals surface area contributed by atoms with Crippen molar-refractivity contribution in [1.82, 2.24) is 5.32 Å². The van der Waals surface area contributed by atoms with E-state index in [4.69, 9.17) is 16.3 Å². The largest absolute Gasteiger partial charge is 0.383 e. The monoisotopic (exact) mass is 424 g/mol. The number of amides is 2. The second-order valence-electron chi connectivity index (χ2n) is 5.29. The van der Waals surface area contributed by atoms with E-state index in [1.54, 1.807) is 49.6 Å². The van der Waals surface area contributed by atoms with Gasteiger partial charge in [0.1, 0.15) is 0 Å². The van der Waals surface area contributed by atoms with Crippen LogP contribution in [0.15, 0.2) is 46.9 Å². The Balaban J connectivity index is 1.94. The molecule has 0 radical (unpaired) electrons. The van der Waals surface area contributed by atoms with Crippen molar-refractivity contribution in [3.05, 3.63) is 63.1 Å². The SMILES string of the molecule is COCCNC(=O)Cc1ccc(NC(=O)c2cc(Br)ccc2Cl)cc1. The average Bonchev–Trinajstić information content (AvgIpc) is 2.59. The number of ether oxygens (including phenoxy) is 1. The molecule has 0 saturated carbocycles. The molecule has 7 heteroatoms. The van der Waals surface area contributed by atoms with Crippen molar-refractivity contribution in [2.75, 3.05) is 25.6 Å². The van der Waals surface area contributed by atoms with E-state index in [1.165, 1.54) is 0 Å². The summed E-state index contributed by atoms with van der Waals surface area (Å²) >= 11 is 9.38. The molecule has 0 aromatic heterocycles. The van der Waals surface area contributed by atoms with Crippen LogP contribution in [-0.4, -0.2) is 32.1 Å². The summed E-state index contributed by atoms with van der Waals surface area (Å²) < 4.78 is 5.65. The molecule has 132 valence electrons. The number of carbonyl (C=O) groups is 2. The van der Waals surface area contributed by atoms with Crippen molar-refractivity contribution in [3.63, 3.8) is 0 Å². The fraction of sp³-hybridized carbons (Fsp3) is 0.222. The van der Waals surface area contributed by atoms with E-state index in [0.717, 1.165) is 10.0 Å². The molecule has 2 rings (SSSR count). The molecule has 0 bridgehead atoms.